The molecular weight excluding hydrogens is 426 g/mol. The highest BCUT2D eigenvalue weighted by Gasteiger charge is 2.63. The van der Waals surface area contributed by atoms with Gasteiger partial charge in [0.1, 0.15) is 23.2 Å². The molecule has 34 heavy (non-hydrogen) atoms. The molecule has 4 aromatic heterocycles. The van der Waals surface area contributed by atoms with Gasteiger partial charge in [0.15, 0.2) is 17.5 Å². The molecule has 9 nitrogen and oxygen atoms in total. The van der Waals surface area contributed by atoms with Crippen LogP contribution in [0.1, 0.15) is 33.0 Å². The summed E-state index contributed by atoms with van der Waals surface area (Å²) in [7, 11) is 0. The molecule has 0 amide bonds. The second-order valence-corrected chi connectivity index (χ2v) is 9.40. The van der Waals surface area contributed by atoms with Crippen LogP contribution in [-0.4, -0.2) is 45.3 Å². The summed E-state index contributed by atoms with van der Waals surface area (Å²) in [5.74, 6) is 3.60. The van der Waals surface area contributed by atoms with Gasteiger partial charge in [0.05, 0.1) is 6.20 Å². The lowest BCUT2D eigenvalue weighted by atomic mass is 10.1. The third-order valence-corrected chi connectivity index (χ3v) is 7.12. The van der Waals surface area contributed by atoms with Gasteiger partial charge in [-0.3, -0.25) is 14.1 Å². The van der Waals surface area contributed by atoms with E-state index in [1.54, 1.807) is 12.5 Å². The molecule has 7 rings (SSSR count). The number of aromatic nitrogens is 8. The van der Waals surface area contributed by atoms with E-state index in [1.807, 2.05) is 45.9 Å². The van der Waals surface area contributed by atoms with Crippen molar-refractivity contribution in [2.24, 2.45) is 5.92 Å². The van der Waals surface area contributed by atoms with Gasteiger partial charge in [-0.05, 0) is 37.6 Å². The van der Waals surface area contributed by atoms with Crippen LogP contribution in [0.3, 0.4) is 0 Å². The van der Waals surface area contributed by atoms with E-state index < -0.39 is 0 Å². The Labute approximate surface area is 196 Å². The number of benzene rings is 1. The maximum Gasteiger partial charge on any atom is 0.237 e. The highest BCUT2D eigenvalue weighted by molar-refractivity contribution is 5.93. The number of rotatable bonds is 3. The van der Waals surface area contributed by atoms with E-state index in [0.29, 0.717) is 17.7 Å². The zero-order chi connectivity index (χ0) is 23.0. The van der Waals surface area contributed by atoms with Gasteiger partial charge >= 0.3 is 0 Å². The normalized spacial score (nSPS) is 20.7. The Bertz CT molecular complexity index is 1560. The first-order valence-corrected chi connectivity index (χ1v) is 11.5. The minimum absolute atomic E-state index is 0.182. The number of anilines is 1. The number of imidazole rings is 1. The van der Waals surface area contributed by atoms with E-state index in [2.05, 4.69) is 58.0 Å². The first-order chi connectivity index (χ1) is 16.6. The van der Waals surface area contributed by atoms with E-state index in [9.17, 15) is 0 Å². The van der Waals surface area contributed by atoms with Gasteiger partial charge in [0, 0.05) is 30.0 Å². The monoisotopic (exact) mass is 449 g/mol. The molecule has 1 spiro atoms. The van der Waals surface area contributed by atoms with Crippen LogP contribution in [-0.2, 0) is 5.54 Å². The van der Waals surface area contributed by atoms with Crippen LogP contribution in [0, 0.1) is 5.92 Å². The molecule has 9 heteroatoms. The predicted octanol–water partition coefficient (Wildman–Crippen LogP) is 3.92. The average molecular weight is 450 g/mol. The van der Waals surface area contributed by atoms with Crippen molar-refractivity contribution in [2.45, 2.75) is 38.8 Å². The molecule has 0 bridgehead atoms. The molecule has 0 N–H and O–H groups in total. The Hall–Kier alpha value is -4.14. The molecule has 1 aliphatic heterocycles. The highest BCUT2D eigenvalue weighted by atomic mass is 15.4. The van der Waals surface area contributed by atoms with Crippen LogP contribution in [0.25, 0.3) is 33.9 Å². The van der Waals surface area contributed by atoms with Gasteiger partial charge in [-0.15, -0.1) is 10.2 Å². The molecule has 5 aromatic rings. The number of nitrogens with zero attached hydrogens (tertiary/aromatic N) is 9. The van der Waals surface area contributed by atoms with Crippen molar-refractivity contribution in [3.05, 3.63) is 67.3 Å². The summed E-state index contributed by atoms with van der Waals surface area (Å²) < 4.78 is 3.96. The quantitative estimate of drug-likeness (QED) is 0.412. The van der Waals surface area contributed by atoms with Gasteiger partial charge in [0.2, 0.25) is 5.95 Å². The zero-order valence-electron chi connectivity index (χ0n) is 19.2. The third-order valence-electron chi connectivity index (χ3n) is 7.12. The number of hydrogen-bond donors (Lipinski definition) is 0. The van der Waals surface area contributed by atoms with E-state index in [-0.39, 0.29) is 11.6 Å². The first kappa shape index (κ1) is 19.3. The Kier molecular flexibility index (Phi) is 3.81. The lowest BCUT2D eigenvalue weighted by molar-refractivity contribution is 0.467. The fourth-order valence-corrected chi connectivity index (χ4v) is 5.52. The number of fused-ring (bicyclic) bond motifs is 5. The molecule has 1 fully saturated rings. The van der Waals surface area contributed by atoms with Gasteiger partial charge in [0.25, 0.3) is 0 Å². The van der Waals surface area contributed by atoms with Gasteiger partial charge < -0.3 is 4.90 Å². The van der Waals surface area contributed by atoms with Crippen molar-refractivity contribution in [1.29, 1.82) is 0 Å². The molecule has 2 atom stereocenters. The Balaban J connectivity index is 1.43. The lowest BCUT2D eigenvalue weighted by Crippen LogP contribution is -2.47. The molecule has 0 saturated heterocycles. The minimum atomic E-state index is -0.182. The van der Waals surface area contributed by atoms with Crippen LogP contribution in [0.4, 0.5) is 5.82 Å². The number of hydrogen-bond acceptors (Lipinski definition) is 7. The van der Waals surface area contributed by atoms with Crippen LogP contribution in [0.5, 0.6) is 0 Å². The Morgan fingerprint density at radius 1 is 1.03 bits per heavy atom. The topological polar surface area (TPSA) is 90.4 Å². The molecule has 2 aliphatic rings. The van der Waals surface area contributed by atoms with Crippen LogP contribution in [0.15, 0.2) is 61.4 Å². The second-order valence-electron chi connectivity index (χ2n) is 9.40. The zero-order valence-corrected chi connectivity index (χ0v) is 19.2. The van der Waals surface area contributed by atoms with Crippen molar-refractivity contribution in [2.75, 3.05) is 4.90 Å². The van der Waals surface area contributed by atoms with E-state index >= 15 is 0 Å². The maximum absolute atomic E-state index is 5.11. The molecule has 5 heterocycles. The fraction of sp³-hybridized carbons (Fsp3) is 0.280. The highest BCUT2D eigenvalue weighted by Crippen LogP contribution is 2.60. The van der Waals surface area contributed by atoms with Crippen molar-refractivity contribution in [1.82, 2.24) is 39.3 Å². The van der Waals surface area contributed by atoms with Crippen molar-refractivity contribution < 1.29 is 0 Å². The molecule has 1 aliphatic carbocycles. The van der Waals surface area contributed by atoms with Gasteiger partial charge in [-0.25, -0.2) is 9.97 Å². The summed E-state index contributed by atoms with van der Waals surface area (Å²) in [5.41, 5.74) is 1.52. The smallest absolute Gasteiger partial charge is 0.237 e. The molecule has 1 saturated carbocycles. The average Bonchev–Trinajstić information content (AvgIpc) is 3.24. The van der Waals surface area contributed by atoms with Crippen LogP contribution in [0.2, 0.25) is 0 Å². The van der Waals surface area contributed by atoms with Gasteiger partial charge in [-0.1, -0.05) is 31.2 Å². The third kappa shape index (κ3) is 2.43. The Morgan fingerprint density at radius 2 is 1.88 bits per heavy atom. The molecule has 0 unspecified atom stereocenters. The molecular formula is C25H23N9. The van der Waals surface area contributed by atoms with E-state index in [0.717, 1.165) is 40.2 Å². The molecule has 1 aromatic carbocycles. The largest absolute Gasteiger partial charge is 0.339 e. The summed E-state index contributed by atoms with van der Waals surface area (Å²) in [6.45, 7) is 6.67. The Morgan fingerprint density at radius 3 is 2.71 bits per heavy atom. The van der Waals surface area contributed by atoms with Crippen molar-refractivity contribution >= 4 is 16.6 Å². The summed E-state index contributed by atoms with van der Waals surface area (Å²) in [5, 5.41) is 10.9. The van der Waals surface area contributed by atoms with Gasteiger partial charge in [-0.2, -0.15) is 4.98 Å². The summed E-state index contributed by atoms with van der Waals surface area (Å²) in [4.78, 5) is 21.5. The minimum Gasteiger partial charge on any atom is -0.339 e. The second kappa shape index (κ2) is 6.69. The van der Waals surface area contributed by atoms with Crippen molar-refractivity contribution in [3.8, 4) is 23.2 Å². The molecule has 0 radical (unpaired) electrons. The standard InChI is InChI=1S/C25H23N9/c1-15(2)34-21-19(33-14-29-31-23(33)25(34)12-16(25)3)13-28-24(30-21)32-11-10-27-22(32)20-18-7-5-4-6-17(18)8-9-26-20/h4-11,13-16H,12H2,1-3H3/t16-,25-/m0/s1. The van der Waals surface area contributed by atoms with Crippen LogP contribution < -0.4 is 4.90 Å². The van der Waals surface area contributed by atoms with Crippen molar-refractivity contribution in [3.63, 3.8) is 0 Å². The predicted molar refractivity (Wildman–Crippen MR) is 128 cm³/mol. The molecule has 168 valence electrons. The SMILES string of the molecule is CC(C)N1c2nc(-n3ccnc3-c3nccc4ccccc34)ncc2-n2cnnc2[C@@]12C[C@@H]2C. The first-order valence-electron chi connectivity index (χ1n) is 11.5. The summed E-state index contributed by atoms with van der Waals surface area (Å²) >= 11 is 0. The summed E-state index contributed by atoms with van der Waals surface area (Å²) in [6.07, 6.45) is 10.1. The number of pyridine rings is 1. The van der Waals surface area contributed by atoms with Crippen LogP contribution >= 0.6 is 0 Å². The van der Waals surface area contributed by atoms with E-state index in [1.165, 1.54) is 0 Å². The fourth-order valence-electron chi connectivity index (χ4n) is 5.52. The van der Waals surface area contributed by atoms with E-state index in [4.69, 9.17) is 9.97 Å². The maximum atomic E-state index is 5.11. The lowest BCUT2D eigenvalue weighted by Gasteiger charge is -2.41. The summed E-state index contributed by atoms with van der Waals surface area (Å²) in [6, 6.07) is 10.4.